The molecule has 6 rings (SSSR count). The van der Waals surface area contributed by atoms with E-state index in [0.717, 1.165) is 50.1 Å². The van der Waals surface area contributed by atoms with Crippen LogP contribution < -0.4 is 57.8 Å². The van der Waals surface area contributed by atoms with Crippen LogP contribution in [0.15, 0.2) is 42.6 Å². The van der Waals surface area contributed by atoms with Crippen molar-refractivity contribution in [3.63, 3.8) is 0 Å². The number of ether oxygens (including phenoxy) is 4. The number of hydrogen-bond donors (Lipinski definition) is 0. The van der Waals surface area contributed by atoms with Gasteiger partial charge in [0.05, 0.1) is 16.2 Å². The van der Waals surface area contributed by atoms with Crippen LogP contribution in [0, 0.1) is 0 Å². The summed E-state index contributed by atoms with van der Waals surface area (Å²) >= 11 is 0. The summed E-state index contributed by atoms with van der Waals surface area (Å²) in [5, 5.41) is 5.66. The zero-order valence-corrected chi connectivity index (χ0v) is 16.9. The number of pyridine rings is 1. The predicted molar refractivity (Wildman–Crippen MR) is 92.4 cm³/mol. The van der Waals surface area contributed by atoms with E-state index in [1.165, 1.54) is 5.39 Å². The Morgan fingerprint density at radius 1 is 0.741 bits per heavy atom. The molecule has 4 aromatic rings. The summed E-state index contributed by atoms with van der Waals surface area (Å²) in [4.78, 5) is 0. The first-order valence-corrected chi connectivity index (χ1v) is 8.16. The van der Waals surface area contributed by atoms with Crippen LogP contribution in [0.4, 0.5) is 0 Å². The largest absolute Gasteiger partial charge is 1.00 e. The second-order valence-corrected chi connectivity index (χ2v) is 6.39. The van der Waals surface area contributed by atoms with Gasteiger partial charge in [-0.3, -0.25) is 0 Å². The normalized spacial score (nSPS) is 13.7. The molecule has 0 spiro atoms. The van der Waals surface area contributed by atoms with E-state index in [1.54, 1.807) is 0 Å². The number of fused-ring (bicyclic) bond motifs is 8. The Bertz CT molecular complexity index is 1230. The number of aromatic nitrogens is 1. The Morgan fingerprint density at radius 2 is 1.44 bits per heavy atom. The van der Waals surface area contributed by atoms with Crippen LogP contribution in [0.3, 0.4) is 0 Å². The van der Waals surface area contributed by atoms with Crippen LogP contribution in [0.1, 0.15) is 0 Å². The average molecular weight is 374 g/mol. The molecule has 0 saturated carbocycles. The van der Waals surface area contributed by atoms with Gasteiger partial charge in [-0.15, -0.1) is 0 Å². The van der Waals surface area contributed by atoms with Gasteiger partial charge in [-0.05, 0) is 35.7 Å². The zero-order chi connectivity index (χ0) is 16.5. The van der Waals surface area contributed by atoms with Crippen LogP contribution in [0.5, 0.6) is 23.0 Å². The second-order valence-electron chi connectivity index (χ2n) is 6.39. The molecule has 0 atom stereocenters. The van der Waals surface area contributed by atoms with E-state index in [-0.39, 0.29) is 47.8 Å². The molecule has 0 unspecified atom stereocenters. The summed E-state index contributed by atoms with van der Waals surface area (Å²) < 4.78 is 24.4. The van der Waals surface area contributed by atoms with Crippen molar-refractivity contribution in [2.24, 2.45) is 7.05 Å². The summed E-state index contributed by atoms with van der Waals surface area (Å²) in [7, 11) is 2.06. The Hall–Kier alpha value is -2.28. The minimum absolute atomic E-state index is 0. The van der Waals surface area contributed by atoms with E-state index in [1.807, 2.05) is 12.1 Å². The van der Waals surface area contributed by atoms with Crippen LogP contribution in [-0.4, -0.2) is 13.6 Å². The van der Waals surface area contributed by atoms with Gasteiger partial charge in [0.2, 0.25) is 19.1 Å². The maximum absolute atomic E-state index is 5.69. The summed E-state index contributed by atoms with van der Waals surface area (Å²) in [5.74, 6) is 3.22. The number of rotatable bonds is 0. The van der Waals surface area contributed by atoms with Gasteiger partial charge in [0.1, 0.15) is 7.05 Å². The predicted octanol–water partition coefficient (Wildman–Crippen LogP) is -2.56. The standard InChI is InChI=1S/C20H14NO4.FH.Na/c1-21-8-15-12(4-5-16-20(15)25-10-22-16)13-3-2-11-6-17-18(24-9-23-17)7-14(11)19(13)21;;/h2-8H,9-10H2,1H3;1H;/q+1;;+1/p-1. The molecule has 2 aliphatic heterocycles. The molecular weight excluding hydrogens is 360 g/mol. The molecule has 0 bridgehead atoms. The smallest absolute Gasteiger partial charge is 1.00 e. The van der Waals surface area contributed by atoms with E-state index in [9.17, 15) is 0 Å². The molecule has 5 nitrogen and oxygen atoms in total. The Morgan fingerprint density at radius 3 is 2.30 bits per heavy atom. The molecule has 3 heterocycles. The van der Waals surface area contributed by atoms with E-state index in [4.69, 9.17) is 18.9 Å². The summed E-state index contributed by atoms with van der Waals surface area (Å²) in [6.45, 7) is 0.555. The van der Waals surface area contributed by atoms with E-state index in [2.05, 4.69) is 42.1 Å². The molecular formula is C20H14FNNaO4+. The third-order valence-corrected chi connectivity index (χ3v) is 5.03. The first kappa shape index (κ1) is 18.1. The molecule has 0 saturated heterocycles. The van der Waals surface area contributed by atoms with Gasteiger partial charge in [0.25, 0.3) is 0 Å². The van der Waals surface area contributed by atoms with Crippen molar-refractivity contribution in [1.82, 2.24) is 0 Å². The number of benzene rings is 3. The number of hydrogen-bond acceptors (Lipinski definition) is 4. The Balaban J connectivity index is 0.000000900. The van der Waals surface area contributed by atoms with Crippen molar-refractivity contribution in [2.45, 2.75) is 0 Å². The maximum Gasteiger partial charge on any atom is 1.00 e. The SMILES string of the molecule is C[n+]1cc2c3c(ccc2c2ccc4cc5c(cc4c21)OCO5)OCO3.[F-].[Na+]. The Kier molecular flexibility index (Phi) is 4.29. The van der Waals surface area contributed by atoms with Crippen LogP contribution >= 0.6 is 0 Å². The molecule has 27 heavy (non-hydrogen) atoms. The molecule has 130 valence electrons. The van der Waals surface area contributed by atoms with Crippen molar-refractivity contribution >= 4 is 32.4 Å². The quantitative estimate of drug-likeness (QED) is 0.193. The fourth-order valence-electron chi connectivity index (χ4n) is 3.91. The van der Waals surface area contributed by atoms with Crippen molar-refractivity contribution in [3.8, 4) is 23.0 Å². The third kappa shape index (κ3) is 2.44. The molecule has 7 heteroatoms. The fraction of sp³-hybridized carbons (Fsp3) is 0.150. The first-order valence-electron chi connectivity index (χ1n) is 8.16. The van der Waals surface area contributed by atoms with E-state index >= 15 is 0 Å². The second kappa shape index (κ2) is 6.41. The molecule has 0 radical (unpaired) electrons. The third-order valence-electron chi connectivity index (χ3n) is 5.03. The summed E-state index contributed by atoms with van der Waals surface area (Å²) in [5.41, 5.74) is 1.15. The molecule has 0 N–H and O–H groups in total. The number of halogens is 1. The minimum atomic E-state index is 0. The maximum atomic E-state index is 5.69. The topological polar surface area (TPSA) is 40.8 Å². The van der Waals surface area contributed by atoms with Gasteiger partial charge < -0.3 is 23.7 Å². The monoisotopic (exact) mass is 374 g/mol. The van der Waals surface area contributed by atoms with Crippen molar-refractivity contribution in [3.05, 3.63) is 42.6 Å². The first-order chi connectivity index (χ1) is 12.3. The molecule has 0 fully saturated rings. The van der Waals surface area contributed by atoms with E-state index < -0.39 is 0 Å². The van der Waals surface area contributed by atoms with Crippen molar-refractivity contribution in [1.29, 1.82) is 0 Å². The summed E-state index contributed by atoms with van der Waals surface area (Å²) in [6, 6.07) is 12.5. The fourth-order valence-corrected chi connectivity index (χ4v) is 3.91. The van der Waals surface area contributed by atoms with E-state index in [0.29, 0.717) is 0 Å². The average Bonchev–Trinajstić information content (AvgIpc) is 3.28. The number of nitrogens with zero attached hydrogens (tertiary/aromatic N) is 1. The Labute approximate surface area is 176 Å². The summed E-state index contributed by atoms with van der Waals surface area (Å²) in [6.07, 6.45) is 2.11. The van der Waals surface area contributed by atoms with Gasteiger partial charge >= 0.3 is 29.6 Å². The van der Waals surface area contributed by atoms with Gasteiger partial charge in [-0.1, -0.05) is 6.07 Å². The molecule has 1 aromatic heterocycles. The van der Waals surface area contributed by atoms with Crippen molar-refractivity contribution < 1.29 is 57.8 Å². The molecule has 3 aromatic carbocycles. The minimum Gasteiger partial charge on any atom is -1.00 e. The molecule has 2 aliphatic rings. The van der Waals surface area contributed by atoms with Gasteiger partial charge in [-0.25, -0.2) is 0 Å². The molecule has 0 amide bonds. The van der Waals surface area contributed by atoms with Gasteiger partial charge in [0, 0.05) is 5.39 Å². The van der Waals surface area contributed by atoms with Crippen molar-refractivity contribution in [2.75, 3.05) is 13.6 Å². The zero-order valence-electron chi connectivity index (χ0n) is 14.9. The molecule has 0 aliphatic carbocycles. The van der Waals surface area contributed by atoms with Crippen LogP contribution in [-0.2, 0) is 7.05 Å². The van der Waals surface area contributed by atoms with Crippen LogP contribution in [0.25, 0.3) is 32.4 Å². The van der Waals surface area contributed by atoms with Gasteiger partial charge in [-0.2, -0.15) is 4.57 Å². The number of aryl methyl sites for hydroxylation is 1. The van der Waals surface area contributed by atoms with Crippen LogP contribution in [0.2, 0.25) is 0 Å². The van der Waals surface area contributed by atoms with Gasteiger partial charge in [0.15, 0.2) is 29.2 Å².